The van der Waals surface area contributed by atoms with E-state index in [2.05, 4.69) is 9.91 Å². The van der Waals surface area contributed by atoms with E-state index >= 15 is 0 Å². The summed E-state index contributed by atoms with van der Waals surface area (Å²) in [6.45, 7) is -0.341. The lowest BCUT2D eigenvalue weighted by molar-refractivity contribution is -0.274. The van der Waals surface area contributed by atoms with Gasteiger partial charge in [-0.3, -0.25) is 0 Å². The predicted octanol–water partition coefficient (Wildman–Crippen LogP) is 2.85. The van der Waals surface area contributed by atoms with E-state index in [4.69, 9.17) is 0 Å². The zero-order valence-corrected chi connectivity index (χ0v) is 6.91. The van der Waals surface area contributed by atoms with E-state index in [1.807, 2.05) is 0 Å². The zero-order chi connectivity index (χ0) is 10.6. The van der Waals surface area contributed by atoms with Gasteiger partial charge in [0.25, 0.3) is 0 Å². The minimum atomic E-state index is -4.75. The van der Waals surface area contributed by atoms with Crippen LogP contribution in [0.1, 0.15) is 5.56 Å². The SMILES string of the molecule is O=NCc1ccccc1OC(F)(F)F. The molecular formula is C8H6F3NO2. The maximum Gasteiger partial charge on any atom is 0.573 e. The fourth-order valence-electron chi connectivity index (χ4n) is 0.928. The van der Waals surface area contributed by atoms with Gasteiger partial charge in [-0.05, 0) is 6.07 Å². The molecule has 1 aromatic carbocycles. The fraction of sp³-hybridized carbons (Fsp3) is 0.250. The van der Waals surface area contributed by atoms with Crippen LogP contribution in [0.3, 0.4) is 0 Å². The minimum absolute atomic E-state index is 0.111. The normalized spacial score (nSPS) is 11.1. The van der Waals surface area contributed by atoms with E-state index in [1.54, 1.807) is 0 Å². The highest BCUT2D eigenvalue weighted by Crippen LogP contribution is 2.26. The molecule has 0 saturated carbocycles. The van der Waals surface area contributed by atoms with Crippen molar-refractivity contribution in [2.75, 3.05) is 0 Å². The van der Waals surface area contributed by atoms with Crippen LogP contribution < -0.4 is 4.74 Å². The minimum Gasteiger partial charge on any atom is -0.405 e. The summed E-state index contributed by atoms with van der Waals surface area (Å²) in [6, 6.07) is 5.37. The highest BCUT2D eigenvalue weighted by Gasteiger charge is 2.31. The molecule has 3 nitrogen and oxygen atoms in total. The smallest absolute Gasteiger partial charge is 0.405 e. The van der Waals surface area contributed by atoms with Crippen molar-refractivity contribution in [1.29, 1.82) is 0 Å². The van der Waals surface area contributed by atoms with Gasteiger partial charge < -0.3 is 4.74 Å². The molecule has 0 fully saturated rings. The summed E-state index contributed by atoms with van der Waals surface area (Å²) in [5, 5.41) is 2.50. The molecule has 0 unspecified atom stereocenters. The largest absolute Gasteiger partial charge is 0.573 e. The quantitative estimate of drug-likeness (QED) is 0.711. The summed E-state index contributed by atoms with van der Waals surface area (Å²) in [5.41, 5.74) is 0.111. The first-order valence-electron chi connectivity index (χ1n) is 3.65. The lowest BCUT2D eigenvalue weighted by Gasteiger charge is -2.10. The number of alkyl halides is 3. The molecule has 0 saturated heterocycles. The van der Waals surface area contributed by atoms with Crippen molar-refractivity contribution >= 4 is 0 Å². The molecule has 0 aromatic heterocycles. The predicted molar refractivity (Wildman–Crippen MR) is 42.6 cm³/mol. The number of rotatable bonds is 3. The molecule has 6 heteroatoms. The molecular weight excluding hydrogens is 199 g/mol. The monoisotopic (exact) mass is 205 g/mol. The molecule has 0 radical (unpaired) electrons. The Morgan fingerprint density at radius 2 is 1.93 bits per heavy atom. The Morgan fingerprint density at radius 3 is 2.50 bits per heavy atom. The number of halogens is 3. The second-order valence-corrected chi connectivity index (χ2v) is 2.44. The van der Waals surface area contributed by atoms with E-state index in [0.29, 0.717) is 0 Å². The number of hydrogen-bond acceptors (Lipinski definition) is 3. The lowest BCUT2D eigenvalue weighted by atomic mass is 10.2. The fourth-order valence-corrected chi connectivity index (χ4v) is 0.928. The van der Waals surface area contributed by atoms with Crippen LogP contribution in [0, 0.1) is 4.91 Å². The Kier molecular flexibility index (Phi) is 3.06. The molecule has 1 rings (SSSR count). The summed E-state index contributed by atoms with van der Waals surface area (Å²) in [5.74, 6) is -0.389. The first-order valence-corrected chi connectivity index (χ1v) is 3.65. The van der Waals surface area contributed by atoms with Gasteiger partial charge >= 0.3 is 6.36 Å². The molecule has 14 heavy (non-hydrogen) atoms. The Bertz CT molecular complexity index is 325. The van der Waals surface area contributed by atoms with Crippen molar-refractivity contribution in [3.05, 3.63) is 34.7 Å². The van der Waals surface area contributed by atoms with Crippen molar-refractivity contribution in [2.24, 2.45) is 5.18 Å². The molecule has 0 aliphatic carbocycles. The van der Waals surface area contributed by atoms with E-state index in [0.717, 1.165) is 6.07 Å². The van der Waals surface area contributed by atoms with Gasteiger partial charge in [0, 0.05) is 5.56 Å². The lowest BCUT2D eigenvalue weighted by Crippen LogP contribution is -2.18. The standard InChI is InChI=1S/C8H6F3NO2/c9-8(10,11)14-7-4-2-1-3-6(7)5-12-13/h1-4H,5H2. The number of nitrogens with zero attached hydrogens (tertiary/aromatic N) is 1. The van der Waals surface area contributed by atoms with Crippen molar-refractivity contribution in [3.8, 4) is 5.75 Å². The van der Waals surface area contributed by atoms with Crippen LogP contribution in [-0.2, 0) is 6.54 Å². The molecule has 0 N–H and O–H groups in total. The summed E-state index contributed by atoms with van der Waals surface area (Å²) in [7, 11) is 0. The highest BCUT2D eigenvalue weighted by atomic mass is 19.4. The Balaban J connectivity index is 2.89. The van der Waals surface area contributed by atoms with E-state index in [1.165, 1.54) is 18.2 Å². The van der Waals surface area contributed by atoms with Gasteiger partial charge in [0.2, 0.25) is 0 Å². The average Bonchev–Trinajstić information content (AvgIpc) is 2.06. The molecule has 76 valence electrons. The first-order chi connectivity index (χ1) is 6.53. The van der Waals surface area contributed by atoms with Crippen LogP contribution >= 0.6 is 0 Å². The summed E-state index contributed by atoms with van der Waals surface area (Å²) < 4.78 is 39.2. The summed E-state index contributed by atoms with van der Waals surface area (Å²) >= 11 is 0. The van der Waals surface area contributed by atoms with E-state index < -0.39 is 6.36 Å². The number of benzene rings is 1. The Morgan fingerprint density at radius 1 is 1.29 bits per heavy atom. The maximum absolute atomic E-state index is 11.8. The highest BCUT2D eigenvalue weighted by molar-refractivity contribution is 5.33. The topological polar surface area (TPSA) is 38.7 Å². The van der Waals surface area contributed by atoms with Crippen molar-refractivity contribution in [1.82, 2.24) is 0 Å². The van der Waals surface area contributed by atoms with Gasteiger partial charge in [0.15, 0.2) is 0 Å². The summed E-state index contributed by atoms with van der Waals surface area (Å²) in [6.07, 6.45) is -4.75. The molecule has 0 aliphatic rings. The van der Waals surface area contributed by atoms with Crippen LogP contribution in [0.4, 0.5) is 13.2 Å². The van der Waals surface area contributed by atoms with Crippen LogP contribution in [-0.4, -0.2) is 6.36 Å². The van der Waals surface area contributed by atoms with Crippen molar-refractivity contribution in [2.45, 2.75) is 12.9 Å². The van der Waals surface area contributed by atoms with E-state index in [9.17, 15) is 18.1 Å². The molecule has 1 aromatic rings. The molecule has 0 aliphatic heterocycles. The first kappa shape index (κ1) is 10.5. The van der Waals surface area contributed by atoms with Gasteiger partial charge in [0.05, 0.1) is 0 Å². The molecule has 0 atom stereocenters. The molecule has 0 spiro atoms. The van der Waals surface area contributed by atoms with Crippen molar-refractivity contribution < 1.29 is 17.9 Å². The molecule has 0 heterocycles. The third-order valence-electron chi connectivity index (χ3n) is 1.43. The Hall–Kier alpha value is -1.59. The third-order valence-corrected chi connectivity index (χ3v) is 1.43. The number of nitroso groups, excluding NO2 is 1. The van der Waals surface area contributed by atoms with Crippen LogP contribution in [0.2, 0.25) is 0 Å². The second kappa shape index (κ2) is 4.08. The van der Waals surface area contributed by atoms with Crippen LogP contribution in [0.15, 0.2) is 29.4 Å². The second-order valence-electron chi connectivity index (χ2n) is 2.44. The average molecular weight is 205 g/mol. The van der Waals surface area contributed by atoms with Gasteiger partial charge in [-0.25, -0.2) is 0 Å². The maximum atomic E-state index is 11.8. The molecule has 0 amide bonds. The number of hydrogen-bond donors (Lipinski definition) is 0. The van der Waals surface area contributed by atoms with Gasteiger partial charge in [0.1, 0.15) is 12.3 Å². The zero-order valence-electron chi connectivity index (χ0n) is 6.91. The van der Waals surface area contributed by atoms with Gasteiger partial charge in [-0.2, -0.15) is 4.91 Å². The Labute approximate surface area is 77.5 Å². The number of ether oxygens (including phenoxy) is 1. The van der Waals surface area contributed by atoms with Crippen LogP contribution in [0.5, 0.6) is 5.75 Å². The van der Waals surface area contributed by atoms with Gasteiger partial charge in [-0.1, -0.05) is 23.4 Å². The van der Waals surface area contributed by atoms with E-state index in [-0.39, 0.29) is 17.9 Å². The molecule has 0 bridgehead atoms. The van der Waals surface area contributed by atoms with Crippen molar-refractivity contribution in [3.63, 3.8) is 0 Å². The number of para-hydroxylation sites is 1. The third kappa shape index (κ3) is 3.04. The van der Waals surface area contributed by atoms with Crippen LogP contribution in [0.25, 0.3) is 0 Å². The van der Waals surface area contributed by atoms with Gasteiger partial charge in [-0.15, -0.1) is 13.2 Å². The summed E-state index contributed by atoms with van der Waals surface area (Å²) in [4.78, 5) is 9.91.